The second-order valence-corrected chi connectivity index (χ2v) is 5.95. The summed E-state index contributed by atoms with van der Waals surface area (Å²) < 4.78 is 0. The Morgan fingerprint density at radius 2 is 1.83 bits per heavy atom. The van der Waals surface area contributed by atoms with E-state index in [9.17, 15) is 0 Å². The molecule has 24 heavy (non-hydrogen) atoms. The average molecular weight is 445 g/mol. The van der Waals surface area contributed by atoms with Gasteiger partial charge in [-0.2, -0.15) is 0 Å². The van der Waals surface area contributed by atoms with E-state index in [4.69, 9.17) is 4.99 Å². The van der Waals surface area contributed by atoms with Gasteiger partial charge < -0.3 is 20.0 Å². The van der Waals surface area contributed by atoms with E-state index in [1.54, 1.807) is 12.4 Å². The van der Waals surface area contributed by atoms with Crippen molar-refractivity contribution in [3.63, 3.8) is 0 Å². The fraction of sp³-hybridized carbons (Fsp3) is 0.688. The van der Waals surface area contributed by atoms with Crippen LogP contribution in [0.5, 0.6) is 0 Å². The minimum Gasteiger partial charge on any atom is -0.357 e. The van der Waals surface area contributed by atoms with Crippen molar-refractivity contribution in [2.75, 3.05) is 63.8 Å². The van der Waals surface area contributed by atoms with Gasteiger partial charge in [0.2, 0.25) is 5.95 Å². The number of anilines is 1. The van der Waals surface area contributed by atoms with Crippen LogP contribution < -0.4 is 10.2 Å². The summed E-state index contributed by atoms with van der Waals surface area (Å²) in [6.45, 7) is 11.2. The molecule has 134 valence electrons. The van der Waals surface area contributed by atoms with Crippen molar-refractivity contribution in [1.29, 1.82) is 0 Å². The maximum Gasteiger partial charge on any atom is 0.225 e. The molecule has 2 fully saturated rings. The molecule has 1 N–H and O–H groups in total. The molecule has 1 aromatic rings. The van der Waals surface area contributed by atoms with Crippen molar-refractivity contribution >= 4 is 35.9 Å². The van der Waals surface area contributed by atoms with Crippen LogP contribution in [0.3, 0.4) is 0 Å². The van der Waals surface area contributed by atoms with Crippen LogP contribution in [0.15, 0.2) is 23.5 Å². The first-order valence-electron chi connectivity index (χ1n) is 8.64. The Bertz CT molecular complexity index is 498. The normalized spacial score (nSPS) is 18.8. The first-order chi connectivity index (χ1) is 11.4. The summed E-state index contributed by atoms with van der Waals surface area (Å²) in [6.07, 6.45) is 4.94. The maximum absolute atomic E-state index is 4.80. The van der Waals surface area contributed by atoms with Gasteiger partial charge >= 0.3 is 0 Å². The highest BCUT2D eigenvalue weighted by molar-refractivity contribution is 14.0. The van der Waals surface area contributed by atoms with E-state index in [2.05, 4.69) is 36.9 Å². The molecule has 0 atom stereocenters. The summed E-state index contributed by atoms with van der Waals surface area (Å²) in [5.74, 6) is 1.87. The topological polar surface area (TPSA) is 59.9 Å². The van der Waals surface area contributed by atoms with E-state index in [0.29, 0.717) is 0 Å². The largest absolute Gasteiger partial charge is 0.357 e. The van der Waals surface area contributed by atoms with Crippen LogP contribution in [0.25, 0.3) is 0 Å². The Balaban J connectivity index is 0.00000208. The Morgan fingerprint density at radius 3 is 2.42 bits per heavy atom. The summed E-state index contributed by atoms with van der Waals surface area (Å²) in [4.78, 5) is 20.5. The molecule has 2 saturated heterocycles. The summed E-state index contributed by atoms with van der Waals surface area (Å²) >= 11 is 0. The lowest BCUT2D eigenvalue weighted by molar-refractivity contribution is 0.187. The Morgan fingerprint density at radius 1 is 1.12 bits per heavy atom. The third-order valence-corrected chi connectivity index (χ3v) is 4.38. The van der Waals surface area contributed by atoms with Crippen molar-refractivity contribution in [3.8, 4) is 0 Å². The number of hydrogen-bond donors (Lipinski definition) is 1. The van der Waals surface area contributed by atoms with Crippen molar-refractivity contribution in [3.05, 3.63) is 18.5 Å². The predicted octanol–water partition coefficient (Wildman–Crippen LogP) is 0.888. The zero-order chi connectivity index (χ0) is 15.9. The lowest BCUT2D eigenvalue weighted by atomic mass is 10.2. The van der Waals surface area contributed by atoms with Crippen molar-refractivity contribution in [1.82, 2.24) is 25.1 Å². The zero-order valence-electron chi connectivity index (χ0n) is 14.4. The van der Waals surface area contributed by atoms with E-state index < -0.39 is 0 Å². The van der Waals surface area contributed by atoms with Crippen LogP contribution >= 0.6 is 24.0 Å². The fourth-order valence-electron chi connectivity index (χ4n) is 2.90. The molecular formula is C16H28IN7. The van der Waals surface area contributed by atoms with Crippen LogP contribution in [0.4, 0.5) is 5.95 Å². The first kappa shape index (κ1) is 19.2. The number of aliphatic imine (C=N–C) groups is 1. The van der Waals surface area contributed by atoms with Gasteiger partial charge in [0, 0.05) is 51.7 Å². The number of nitrogens with one attached hydrogen (secondary N) is 1. The maximum atomic E-state index is 4.80. The number of aromatic nitrogens is 2. The zero-order valence-corrected chi connectivity index (χ0v) is 16.7. The molecule has 0 unspecified atom stereocenters. The number of guanidine groups is 1. The lowest BCUT2D eigenvalue weighted by Gasteiger charge is -2.36. The number of nitrogens with zero attached hydrogens (tertiary/aromatic N) is 6. The quantitative estimate of drug-likeness (QED) is 0.413. The van der Waals surface area contributed by atoms with Gasteiger partial charge in [-0.15, -0.1) is 24.0 Å². The molecule has 7 nitrogen and oxygen atoms in total. The van der Waals surface area contributed by atoms with E-state index >= 15 is 0 Å². The van der Waals surface area contributed by atoms with Gasteiger partial charge in [-0.05, 0) is 32.5 Å². The lowest BCUT2D eigenvalue weighted by Crippen LogP contribution is -2.53. The van der Waals surface area contributed by atoms with Crippen LogP contribution in [0.2, 0.25) is 0 Å². The van der Waals surface area contributed by atoms with Gasteiger partial charge in [0.05, 0.1) is 6.54 Å². The minimum absolute atomic E-state index is 0. The Hall–Kier alpha value is -1.16. The summed E-state index contributed by atoms with van der Waals surface area (Å²) in [7, 11) is 0. The summed E-state index contributed by atoms with van der Waals surface area (Å²) in [6, 6.07) is 1.85. The monoisotopic (exact) mass is 445 g/mol. The molecule has 0 radical (unpaired) electrons. The standard InChI is InChI=1S/C16H27N7.HI/c1-2-17-15(20-7-10-21-8-4-9-21)22-11-13-23(14-12-22)16-18-5-3-6-19-16;/h3,5-6H,2,4,7-14H2,1H3,(H,17,20);1H. The van der Waals surface area contributed by atoms with Crippen molar-refractivity contribution in [2.45, 2.75) is 13.3 Å². The van der Waals surface area contributed by atoms with Gasteiger partial charge in [0.1, 0.15) is 0 Å². The molecule has 0 aromatic carbocycles. The summed E-state index contributed by atoms with van der Waals surface area (Å²) in [5, 5.41) is 3.42. The molecule has 0 amide bonds. The van der Waals surface area contributed by atoms with E-state index in [-0.39, 0.29) is 24.0 Å². The third-order valence-electron chi connectivity index (χ3n) is 4.38. The highest BCUT2D eigenvalue weighted by atomic mass is 127. The van der Waals surface area contributed by atoms with Gasteiger partial charge in [-0.25, -0.2) is 9.97 Å². The number of likely N-dealkylation sites (tertiary alicyclic amines) is 1. The molecule has 0 aliphatic carbocycles. The second kappa shape index (κ2) is 9.97. The molecular weight excluding hydrogens is 417 g/mol. The third kappa shape index (κ3) is 5.17. The number of piperazine rings is 1. The van der Waals surface area contributed by atoms with E-state index in [1.165, 1.54) is 19.5 Å². The highest BCUT2D eigenvalue weighted by Crippen LogP contribution is 2.10. The SMILES string of the molecule is CCNC(=NCCN1CCC1)N1CCN(c2ncccn2)CC1.I. The van der Waals surface area contributed by atoms with Crippen LogP contribution in [-0.4, -0.2) is 84.6 Å². The number of halogens is 1. The molecule has 2 aliphatic rings. The van der Waals surface area contributed by atoms with Crippen molar-refractivity contribution < 1.29 is 0 Å². The average Bonchev–Trinajstić information content (AvgIpc) is 2.57. The minimum atomic E-state index is 0. The molecule has 2 aliphatic heterocycles. The van der Waals surface area contributed by atoms with Gasteiger partial charge in [0.25, 0.3) is 0 Å². The van der Waals surface area contributed by atoms with Crippen LogP contribution in [-0.2, 0) is 0 Å². The summed E-state index contributed by atoms with van der Waals surface area (Å²) in [5.41, 5.74) is 0. The molecule has 3 heterocycles. The van der Waals surface area contributed by atoms with E-state index in [0.717, 1.165) is 57.7 Å². The van der Waals surface area contributed by atoms with Crippen molar-refractivity contribution in [2.24, 2.45) is 4.99 Å². The van der Waals surface area contributed by atoms with Gasteiger partial charge in [-0.3, -0.25) is 4.99 Å². The number of hydrogen-bond acceptors (Lipinski definition) is 5. The smallest absolute Gasteiger partial charge is 0.225 e. The molecule has 3 rings (SSSR count). The first-order valence-corrected chi connectivity index (χ1v) is 8.64. The Labute approximate surface area is 161 Å². The van der Waals surface area contributed by atoms with E-state index in [1.807, 2.05) is 6.07 Å². The highest BCUT2D eigenvalue weighted by Gasteiger charge is 2.21. The molecule has 0 spiro atoms. The van der Waals surface area contributed by atoms with Crippen LogP contribution in [0.1, 0.15) is 13.3 Å². The molecule has 8 heteroatoms. The van der Waals surface area contributed by atoms with Crippen LogP contribution in [0, 0.1) is 0 Å². The van der Waals surface area contributed by atoms with Gasteiger partial charge in [-0.1, -0.05) is 0 Å². The number of rotatable bonds is 5. The predicted molar refractivity (Wildman–Crippen MR) is 108 cm³/mol. The molecule has 0 saturated carbocycles. The van der Waals surface area contributed by atoms with Gasteiger partial charge in [0.15, 0.2) is 5.96 Å². The Kier molecular flexibility index (Phi) is 7.97. The molecule has 1 aromatic heterocycles. The fourth-order valence-corrected chi connectivity index (χ4v) is 2.90. The molecule has 0 bridgehead atoms. The second-order valence-electron chi connectivity index (χ2n) is 5.95.